The monoisotopic (exact) mass is 373 g/mol. The van der Waals surface area contributed by atoms with Crippen molar-refractivity contribution in [3.63, 3.8) is 0 Å². The van der Waals surface area contributed by atoms with Crippen LogP contribution in [0.15, 0.2) is 53.0 Å². The van der Waals surface area contributed by atoms with E-state index < -0.39 is 0 Å². The minimum atomic E-state index is 0.692. The van der Waals surface area contributed by atoms with Crippen LogP contribution < -0.4 is 10.6 Å². The fourth-order valence-corrected chi connectivity index (χ4v) is 3.62. The molecule has 0 bridgehead atoms. The number of nitrogens with zero attached hydrogens (tertiary/aromatic N) is 2. The van der Waals surface area contributed by atoms with Crippen molar-refractivity contribution in [3.8, 4) is 0 Å². The second-order valence-electron chi connectivity index (χ2n) is 6.06. The van der Waals surface area contributed by atoms with Crippen LogP contribution in [0.25, 0.3) is 0 Å². The second kappa shape index (κ2) is 7.95. The average molecular weight is 374 g/mol. The van der Waals surface area contributed by atoms with Crippen molar-refractivity contribution >= 4 is 21.6 Å². The van der Waals surface area contributed by atoms with Crippen LogP contribution in [-0.4, -0.2) is 37.6 Å². The molecule has 0 atom stereocenters. The summed E-state index contributed by atoms with van der Waals surface area (Å²) in [5.41, 5.74) is 9.86. The lowest BCUT2D eigenvalue weighted by Crippen LogP contribution is -2.46. The standard InChI is InChI=1S/C19H24BrN3/c20-18-6-7-19(17(14-18)8-9-21)23-12-10-22(11-13-23)15-16-4-2-1-3-5-16/h1-7,14H,8-13,15,21H2. The first-order chi connectivity index (χ1) is 11.3. The van der Waals surface area contributed by atoms with Gasteiger partial charge in [0.15, 0.2) is 0 Å². The first-order valence-corrected chi connectivity index (χ1v) is 9.05. The molecule has 0 amide bonds. The molecule has 2 aromatic carbocycles. The zero-order valence-corrected chi connectivity index (χ0v) is 15.0. The number of rotatable bonds is 5. The topological polar surface area (TPSA) is 32.5 Å². The third-order valence-electron chi connectivity index (χ3n) is 4.42. The van der Waals surface area contributed by atoms with Crippen LogP contribution in [0, 0.1) is 0 Å². The summed E-state index contributed by atoms with van der Waals surface area (Å²) in [6.07, 6.45) is 0.930. The maximum Gasteiger partial charge on any atom is 0.0400 e. The molecular weight excluding hydrogens is 350 g/mol. The zero-order valence-electron chi connectivity index (χ0n) is 13.4. The van der Waals surface area contributed by atoms with E-state index in [2.05, 4.69) is 74.3 Å². The molecule has 2 N–H and O–H groups in total. The summed E-state index contributed by atoms with van der Waals surface area (Å²) in [5, 5.41) is 0. The lowest BCUT2D eigenvalue weighted by atomic mass is 10.1. The van der Waals surface area contributed by atoms with Gasteiger partial charge in [0.25, 0.3) is 0 Å². The Morgan fingerprint density at radius 2 is 1.70 bits per heavy atom. The van der Waals surface area contributed by atoms with Crippen molar-refractivity contribution in [3.05, 3.63) is 64.1 Å². The number of hydrogen-bond donors (Lipinski definition) is 1. The molecule has 0 aliphatic carbocycles. The molecule has 1 fully saturated rings. The highest BCUT2D eigenvalue weighted by Crippen LogP contribution is 2.26. The van der Waals surface area contributed by atoms with Crippen molar-refractivity contribution in [2.45, 2.75) is 13.0 Å². The van der Waals surface area contributed by atoms with Crippen LogP contribution in [0.1, 0.15) is 11.1 Å². The Hall–Kier alpha value is -1.36. The maximum absolute atomic E-state index is 5.77. The van der Waals surface area contributed by atoms with Crippen LogP contribution in [-0.2, 0) is 13.0 Å². The molecule has 1 aliphatic rings. The molecule has 0 spiro atoms. The van der Waals surface area contributed by atoms with Gasteiger partial charge in [0.2, 0.25) is 0 Å². The van der Waals surface area contributed by atoms with Gasteiger partial charge in [-0.05, 0) is 42.3 Å². The van der Waals surface area contributed by atoms with E-state index in [9.17, 15) is 0 Å². The van der Waals surface area contributed by atoms with E-state index in [1.807, 2.05) is 0 Å². The fraction of sp³-hybridized carbons (Fsp3) is 0.368. The molecule has 122 valence electrons. The van der Waals surface area contributed by atoms with Gasteiger partial charge in [-0.15, -0.1) is 0 Å². The van der Waals surface area contributed by atoms with Gasteiger partial charge in [-0.2, -0.15) is 0 Å². The van der Waals surface area contributed by atoms with Crippen LogP contribution in [0.4, 0.5) is 5.69 Å². The lowest BCUT2D eigenvalue weighted by molar-refractivity contribution is 0.250. The molecule has 3 nitrogen and oxygen atoms in total. The molecule has 23 heavy (non-hydrogen) atoms. The summed E-state index contributed by atoms with van der Waals surface area (Å²) in [7, 11) is 0. The van der Waals surface area contributed by atoms with Crippen LogP contribution in [0.2, 0.25) is 0 Å². The summed E-state index contributed by atoms with van der Waals surface area (Å²) >= 11 is 3.57. The summed E-state index contributed by atoms with van der Waals surface area (Å²) in [5.74, 6) is 0. The number of halogens is 1. The molecule has 1 aliphatic heterocycles. The van der Waals surface area contributed by atoms with Gasteiger partial charge in [0.1, 0.15) is 0 Å². The Labute approximate surface area is 147 Å². The van der Waals surface area contributed by atoms with Gasteiger partial charge in [0, 0.05) is 42.9 Å². The summed E-state index contributed by atoms with van der Waals surface area (Å²) in [4.78, 5) is 5.03. The van der Waals surface area contributed by atoms with E-state index in [-0.39, 0.29) is 0 Å². The fourth-order valence-electron chi connectivity index (χ4n) is 3.21. The maximum atomic E-state index is 5.77. The van der Waals surface area contributed by atoms with E-state index in [1.54, 1.807) is 0 Å². The summed E-state index contributed by atoms with van der Waals surface area (Å²) < 4.78 is 1.13. The van der Waals surface area contributed by atoms with Gasteiger partial charge in [0.05, 0.1) is 0 Å². The van der Waals surface area contributed by atoms with E-state index in [1.165, 1.54) is 16.8 Å². The second-order valence-corrected chi connectivity index (χ2v) is 6.98. The van der Waals surface area contributed by atoms with Crippen LogP contribution in [0.3, 0.4) is 0 Å². The van der Waals surface area contributed by atoms with Crippen molar-refractivity contribution < 1.29 is 0 Å². The highest BCUT2D eigenvalue weighted by Gasteiger charge is 2.19. The number of benzene rings is 2. The number of hydrogen-bond acceptors (Lipinski definition) is 3. The molecule has 1 heterocycles. The Morgan fingerprint density at radius 3 is 2.39 bits per heavy atom. The normalized spacial score (nSPS) is 15.8. The Bertz CT molecular complexity index is 622. The van der Waals surface area contributed by atoms with Gasteiger partial charge in [-0.1, -0.05) is 46.3 Å². The predicted molar refractivity (Wildman–Crippen MR) is 101 cm³/mol. The number of anilines is 1. The van der Waals surface area contributed by atoms with E-state index in [0.717, 1.165) is 43.6 Å². The molecular formula is C19H24BrN3. The Morgan fingerprint density at radius 1 is 0.957 bits per heavy atom. The van der Waals surface area contributed by atoms with Gasteiger partial charge in [-0.3, -0.25) is 4.90 Å². The first kappa shape index (κ1) is 16.5. The molecule has 0 radical (unpaired) electrons. The molecule has 3 rings (SSSR count). The van der Waals surface area contributed by atoms with Gasteiger partial charge in [-0.25, -0.2) is 0 Å². The SMILES string of the molecule is NCCc1cc(Br)ccc1N1CCN(Cc2ccccc2)CC1. The molecule has 0 unspecified atom stereocenters. The zero-order chi connectivity index (χ0) is 16.1. The van der Waals surface area contributed by atoms with E-state index in [0.29, 0.717) is 6.54 Å². The largest absolute Gasteiger partial charge is 0.369 e. The van der Waals surface area contributed by atoms with Crippen molar-refractivity contribution in [2.24, 2.45) is 5.73 Å². The van der Waals surface area contributed by atoms with E-state index >= 15 is 0 Å². The minimum Gasteiger partial charge on any atom is -0.369 e. The van der Waals surface area contributed by atoms with Crippen LogP contribution >= 0.6 is 15.9 Å². The third-order valence-corrected chi connectivity index (χ3v) is 4.91. The molecule has 4 heteroatoms. The van der Waals surface area contributed by atoms with Crippen molar-refractivity contribution in [1.82, 2.24) is 4.90 Å². The highest BCUT2D eigenvalue weighted by molar-refractivity contribution is 9.10. The molecule has 0 aromatic heterocycles. The number of nitrogens with two attached hydrogens (primary N) is 1. The van der Waals surface area contributed by atoms with E-state index in [4.69, 9.17) is 5.73 Å². The van der Waals surface area contributed by atoms with Crippen molar-refractivity contribution in [1.29, 1.82) is 0 Å². The van der Waals surface area contributed by atoms with Gasteiger partial charge < -0.3 is 10.6 Å². The number of piperazine rings is 1. The first-order valence-electron chi connectivity index (χ1n) is 8.26. The Kier molecular flexibility index (Phi) is 5.70. The van der Waals surface area contributed by atoms with Crippen LogP contribution in [0.5, 0.6) is 0 Å². The Balaban J connectivity index is 1.63. The summed E-state index contributed by atoms with van der Waals surface area (Å²) in [6, 6.07) is 17.3. The summed E-state index contributed by atoms with van der Waals surface area (Å²) in [6.45, 7) is 6.10. The lowest BCUT2D eigenvalue weighted by Gasteiger charge is -2.37. The predicted octanol–water partition coefficient (Wildman–Crippen LogP) is 3.27. The average Bonchev–Trinajstić information content (AvgIpc) is 2.57. The molecule has 0 saturated carbocycles. The highest BCUT2D eigenvalue weighted by atomic mass is 79.9. The van der Waals surface area contributed by atoms with Gasteiger partial charge >= 0.3 is 0 Å². The minimum absolute atomic E-state index is 0.692. The quantitative estimate of drug-likeness (QED) is 0.872. The molecule has 1 saturated heterocycles. The third kappa shape index (κ3) is 4.34. The smallest absolute Gasteiger partial charge is 0.0400 e. The van der Waals surface area contributed by atoms with Crippen molar-refractivity contribution in [2.75, 3.05) is 37.6 Å². The molecule has 2 aromatic rings.